The fourth-order valence-electron chi connectivity index (χ4n) is 2.00. The van der Waals surface area contributed by atoms with Crippen LogP contribution in [0.15, 0.2) is 12.1 Å². The summed E-state index contributed by atoms with van der Waals surface area (Å²) in [6, 6.07) is 2.93. The molecule has 0 aliphatic carbocycles. The molecule has 0 radical (unpaired) electrons. The Balaban J connectivity index is 2.42. The van der Waals surface area contributed by atoms with Gasteiger partial charge in [-0.1, -0.05) is 11.6 Å². The van der Waals surface area contributed by atoms with Crippen molar-refractivity contribution in [1.29, 1.82) is 0 Å². The van der Waals surface area contributed by atoms with Crippen molar-refractivity contribution >= 4 is 11.6 Å². The molecule has 15 heavy (non-hydrogen) atoms. The highest BCUT2D eigenvalue weighted by Gasteiger charge is 2.22. The van der Waals surface area contributed by atoms with E-state index in [4.69, 9.17) is 16.3 Å². The number of halogens is 2. The highest BCUT2D eigenvalue weighted by Crippen LogP contribution is 2.36. The molecule has 0 amide bonds. The van der Waals surface area contributed by atoms with Gasteiger partial charge in [0.25, 0.3) is 0 Å². The minimum absolute atomic E-state index is 0.160. The largest absolute Gasteiger partial charge is 0.495 e. The molecule has 1 atom stereocenters. The Morgan fingerprint density at radius 2 is 2.33 bits per heavy atom. The van der Waals surface area contributed by atoms with Crippen molar-refractivity contribution in [3.63, 3.8) is 0 Å². The van der Waals surface area contributed by atoms with Gasteiger partial charge in [-0.05, 0) is 31.5 Å². The number of benzene rings is 1. The lowest BCUT2D eigenvalue weighted by Crippen LogP contribution is -2.14. The molecule has 1 unspecified atom stereocenters. The summed E-state index contributed by atoms with van der Waals surface area (Å²) in [5, 5.41) is 3.63. The topological polar surface area (TPSA) is 21.3 Å². The first-order chi connectivity index (χ1) is 7.22. The maximum absolute atomic E-state index is 13.2. The van der Waals surface area contributed by atoms with E-state index in [0.29, 0.717) is 10.8 Å². The molecule has 82 valence electrons. The van der Waals surface area contributed by atoms with Crippen molar-refractivity contribution in [3.05, 3.63) is 28.5 Å². The minimum Gasteiger partial charge on any atom is -0.495 e. The zero-order valence-corrected chi connectivity index (χ0v) is 9.27. The number of rotatable bonds is 2. The molecule has 0 aromatic heterocycles. The molecule has 2 rings (SSSR count). The van der Waals surface area contributed by atoms with Gasteiger partial charge in [0, 0.05) is 11.6 Å². The Labute approximate surface area is 93.4 Å². The predicted molar refractivity (Wildman–Crippen MR) is 57.9 cm³/mol. The van der Waals surface area contributed by atoms with Crippen LogP contribution >= 0.6 is 11.6 Å². The van der Waals surface area contributed by atoms with Crippen LogP contribution in [0.4, 0.5) is 4.39 Å². The lowest BCUT2D eigenvalue weighted by Gasteiger charge is -2.16. The van der Waals surface area contributed by atoms with Crippen LogP contribution < -0.4 is 10.1 Å². The van der Waals surface area contributed by atoms with Crippen molar-refractivity contribution < 1.29 is 9.13 Å². The summed E-state index contributed by atoms with van der Waals surface area (Å²) in [6.45, 7) is 0.960. The third-order valence-corrected chi connectivity index (χ3v) is 2.96. The lowest BCUT2D eigenvalue weighted by molar-refractivity contribution is 0.402. The fourth-order valence-corrected chi connectivity index (χ4v) is 2.29. The van der Waals surface area contributed by atoms with Crippen molar-refractivity contribution in [3.8, 4) is 5.75 Å². The average molecular weight is 230 g/mol. The van der Waals surface area contributed by atoms with Crippen molar-refractivity contribution in [2.24, 2.45) is 0 Å². The molecule has 1 aromatic rings. The molecule has 4 heteroatoms. The van der Waals surface area contributed by atoms with Gasteiger partial charge in [-0.2, -0.15) is 0 Å². The molecule has 0 spiro atoms. The summed E-state index contributed by atoms with van der Waals surface area (Å²) in [4.78, 5) is 0. The monoisotopic (exact) mass is 229 g/mol. The number of nitrogens with one attached hydrogen (secondary N) is 1. The third-order valence-electron chi connectivity index (χ3n) is 2.68. The number of hydrogen-bond acceptors (Lipinski definition) is 2. The molecular formula is C11H13ClFNO. The zero-order valence-electron chi connectivity index (χ0n) is 8.52. The van der Waals surface area contributed by atoms with Gasteiger partial charge in [0.15, 0.2) is 0 Å². The highest BCUT2D eigenvalue weighted by atomic mass is 35.5. The van der Waals surface area contributed by atoms with Crippen molar-refractivity contribution in [1.82, 2.24) is 5.32 Å². The standard InChI is InChI=1S/C11H13ClFNO/c1-15-11-8(10-3-2-4-14-10)5-7(13)6-9(11)12/h5-6,10,14H,2-4H2,1H3. The van der Waals surface area contributed by atoms with Gasteiger partial charge in [0.2, 0.25) is 0 Å². The lowest BCUT2D eigenvalue weighted by atomic mass is 10.0. The van der Waals surface area contributed by atoms with E-state index >= 15 is 0 Å². The van der Waals surface area contributed by atoms with Gasteiger partial charge in [-0.25, -0.2) is 4.39 Å². The van der Waals surface area contributed by atoms with E-state index < -0.39 is 0 Å². The highest BCUT2D eigenvalue weighted by molar-refractivity contribution is 6.32. The molecule has 0 saturated carbocycles. The van der Waals surface area contributed by atoms with E-state index in [-0.39, 0.29) is 11.9 Å². The average Bonchev–Trinajstić information content (AvgIpc) is 2.69. The first kappa shape index (κ1) is 10.7. The fraction of sp³-hybridized carbons (Fsp3) is 0.455. The van der Waals surface area contributed by atoms with Crippen LogP contribution in [0.25, 0.3) is 0 Å². The van der Waals surface area contributed by atoms with E-state index in [2.05, 4.69) is 5.32 Å². The Morgan fingerprint density at radius 3 is 2.93 bits per heavy atom. The molecule has 1 saturated heterocycles. The summed E-state index contributed by atoms with van der Waals surface area (Å²) in [7, 11) is 1.55. The summed E-state index contributed by atoms with van der Waals surface area (Å²) in [5.74, 6) is 0.266. The van der Waals surface area contributed by atoms with E-state index in [1.54, 1.807) is 7.11 Å². The second-order valence-electron chi connectivity index (χ2n) is 3.66. The Bertz CT molecular complexity index is 364. The smallest absolute Gasteiger partial charge is 0.142 e. The molecular weight excluding hydrogens is 217 g/mol. The van der Waals surface area contributed by atoms with Gasteiger partial charge in [0.1, 0.15) is 11.6 Å². The van der Waals surface area contributed by atoms with Crippen molar-refractivity contribution in [2.75, 3.05) is 13.7 Å². The van der Waals surface area contributed by atoms with E-state index in [0.717, 1.165) is 24.9 Å². The number of hydrogen-bond donors (Lipinski definition) is 1. The van der Waals surface area contributed by atoms with Gasteiger partial charge < -0.3 is 10.1 Å². The molecule has 2 nitrogen and oxygen atoms in total. The summed E-state index contributed by atoms with van der Waals surface area (Å²) in [6.07, 6.45) is 2.10. The maximum atomic E-state index is 13.2. The second-order valence-corrected chi connectivity index (χ2v) is 4.07. The third kappa shape index (κ3) is 2.08. The first-order valence-electron chi connectivity index (χ1n) is 4.98. The maximum Gasteiger partial charge on any atom is 0.142 e. The Morgan fingerprint density at radius 1 is 1.53 bits per heavy atom. The molecule has 1 aliphatic heterocycles. The number of methoxy groups -OCH3 is 1. The second kappa shape index (κ2) is 4.37. The van der Waals surface area contributed by atoms with Crippen LogP contribution in [0.3, 0.4) is 0 Å². The molecule has 1 heterocycles. The minimum atomic E-state index is -0.315. The van der Waals surface area contributed by atoms with Crippen LogP contribution in [0.2, 0.25) is 5.02 Å². The molecule has 1 aromatic carbocycles. The van der Waals surface area contributed by atoms with Crippen LogP contribution in [0, 0.1) is 5.82 Å². The molecule has 1 aliphatic rings. The van der Waals surface area contributed by atoms with Crippen molar-refractivity contribution in [2.45, 2.75) is 18.9 Å². The van der Waals surface area contributed by atoms with Crippen LogP contribution in [-0.2, 0) is 0 Å². The van der Waals surface area contributed by atoms with Crippen LogP contribution in [0.5, 0.6) is 5.75 Å². The summed E-state index contributed by atoms with van der Waals surface area (Å²) >= 11 is 5.92. The summed E-state index contributed by atoms with van der Waals surface area (Å²) < 4.78 is 18.4. The Hall–Kier alpha value is -0.800. The van der Waals surface area contributed by atoms with Crippen LogP contribution in [0.1, 0.15) is 24.4 Å². The van der Waals surface area contributed by atoms with E-state index in [1.807, 2.05) is 0 Å². The first-order valence-corrected chi connectivity index (χ1v) is 5.36. The SMILES string of the molecule is COc1c(Cl)cc(F)cc1C1CCCN1. The van der Waals surface area contributed by atoms with Gasteiger partial charge in [-0.3, -0.25) is 0 Å². The quantitative estimate of drug-likeness (QED) is 0.842. The molecule has 1 N–H and O–H groups in total. The molecule has 0 bridgehead atoms. The molecule has 1 fully saturated rings. The number of ether oxygens (including phenoxy) is 1. The van der Waals surface area contributed by atoms with E-state index in [9.17, 15) is 4.39 Å². The Kier molecular flexibility index (Phi) is 3.12. The van der Waals surface area contributed by atoms with Gasteiger partial charge >= 0.3 is 0 Å². The van der Waals surface area contributed by atoms with E-state index in [1.165, 1.54) is 12.1 Å². The summed E-state index contributed by atoms with van der Waals surface area (Å²) in [5.41, 5.74) is 0.819. The normalized spacial score (nSPS) is 20.6. The van der Waals surface area contributed by atoms with Gasteiger partial charge in [-0.15, -0.1) is 0 Å². The van der Waals surface area contributed by atoms with Gasteiger partial charge in [0.05, 0.1) is 12.1 Å². The van der Waals surface area contributed by atoms with Crippen LogP contribution in [-0.4, -0.2) is 13.7 Å². The predicted octanol–water partition coefficient (Wildman–Crippen LogP) is 2.91. The zero-order chi connectivity index (χ0) is 10.8.